The summed E-state index contributed by atoms with van der Waals surface area (Å²) in [6.07, 6.45) is 6.10. The normalized spacial score (nSPS) is 18.8. The van der Waals surface area contributed by atoms with Gasteiger partial charge in [0.25, 0.3) is 11.8 Å². The van der Waals surface area contributed by atoms with E-state index in [1.165, 1.54) is 24.2 Å². The van der Waals surface area contributed by atoms with Crippen LogP contribution in [0.3, 0.4) is 0 Å². The van der Waals surface area contributed by atoms with Crippen LogP contribution in [-0.4, -0.2) is 41.0 Å². The highest BCUT2D eigenvalue weighted by Gasteiger charge is 2.37. The van der Waals surface area contributed by atoms with E-state index in [-0.39, 0.29) is 24.4 Å². The van der Waals surface area contributed by atoms with E-state index in [0.29, 0.717) is 17.0 Å². The van der Waals surface area contributed by atoms with Crippen molar-refractivity contribution in [1.82, 2.24) is 10.2 Å². The Kier molecular flexibility index (Phi) is 6.06. The number of benzene rings is 1. The molecule has 1 aromatic carbocycles. The molecule has 1 saturated carbocycles. The Morgan fingerprint density at radius 1 is 1.11 bits per heavy atom. The SMILES string of the molecule is CC(C)(C)OC(=O)N[C@H](CC1CCCCC1)CN1C(=O)c2ccccc2C1=O. The van der Waals surface area contributed by atoms with E-state index in [4.69, 9.17) is 4.74 Å². The van der Waals surface area contributed by atoms with Crippen LogP contribution in [0.2, 0.25) is 0 Å². The molecule has 152 valence electrons. The Bertz CT molecular complexity index is 712. The van der Waals surface area contributed by atoms with Crippen molar-refractivity contribution < 1.29 is 19.1 Å². The maximum Gasteiger partial charge on any atom is 0.407 e. The van der Waals surface area contributed by atoms with Gasteiger partial charge in [-0.3, -0.25) is 14.5 Å². The summed E-state index contributed by atoms with van der Waals surface area (Å²) in [6, 6.07) is 6.54. The van der Waals surface area contributed by atoms with Gasteiger partial charge in [-0.25, -0.2) is 4.79 Å². The first-order valence-electron chi connectivity index (χ1n) is 10.2. The van der Waals surface area contributed by atoms with Crippen molar-refractivity contribution in [3.63, 3.8) is 0 Å². The number of ether oxygens (including phenoxy) is 1. The van der Waals surface area contributed by atoms with E-state index in [9.17, 15) is 14.4 Å². The van der Waals surface area contributed by atoms with Crippen molar-refractivity contribution in [1.29, 1.82) is 0 Å². The molecule has 0 aromatic heterocycles. The summed E-state index contributed by atoms with van der Waals surface area (Å²) in [5, 5.41) is 2.91. The number of nitrogens with zero attached hydrogens (tertiary/aromatic N) is 1. The highest BCUT2D eigenvalue weighted by atomic mass is 16.6. The lowest BCUT2D eigenvalue weighted by Gasteiger charge is -2.30. The van der Waals surface area contributed by atoms with Gasteiger partial charge in [0.2, 0.25) is 0 Å². The Morgan fingerprint density at radius 3 is 2.21 bits per heavy atom. The number of nitrogens with one attached hydrogen (secondary N) is 1. The quantitative estimate of drug-likeness (QED) is 0.772. The van der Waals surface area contributed by atoms with Crippen LogP contribution in [-0.2, 0) is 4.74 Å². The molecule has 1 aliphatic carbocycles. The summed E-state index contributed by atoms with van der Waals surface area (Å²) in [4.78, 5) is 39.0. The number of amides is 3. The molecule has 0 radical (unpaired) electrons. The molecule has 0 spiro atoms. The molecule has 1 heterocycles. The van der Waals surface area contributed by atoms with Gasteiger partial charge in [-0.2, -0.15) is 0 Å². The largest absolute Gasteiger partial charge is 0.444 e. The van der Waals surface area contributed by atoms with Gasteiger partial charge in [0.15, 0.2) is 0 Å². The Morgan fingerprint density at radius 2 is 1.68 bits per heavy atom. The summed E-state index contributed by atoms with van der Waals surface area (Å²) in [5.74, 6) is -0.0932. The number of alkyl carbamates (subject to hydrolysis) is 1. The van der Waals surface area contributed by atoms with Gasteiger partial charge in [-0.1, -0.05) is 44.2 Å². The van der Waals surface area contributed by atoms with Crippen molar-refractivity contribution in [3.05, 3.63) is 35.4 Å². The minimum Gasteiger partial charge on any atom is -0.444 e. The summed E-state index contributed by atoms with van der Waals surface area (Å²) in [5.41, 5.74) is 0.261. The summed E-state index contributed by atoms with van der Waals surface area (Å²) >= 11 is 0. The zero-order valence-electron chi connectivity index (χ0n) is 17.0. The van der Waals surface area contributed by atoms with Crippen molar-refractivity contribution in [3.8, 4) is 0 Å². The van der Waals surface area contributed by atoms with Crippen LogP contribution >= 0.6 is 0 Å². The molecule has 6 heteroatoms. The molecule has 3 amide bonds. The smallest absolute Gasteiger partial charge is 0.407 e. The zero-order chi connectivity index (χ0) is 20.3. The van der Waals surface area contributed by atoms with Crippen LogP contribution in [0.25, 0.3) is 0 Å². The molecular weight excluding hydrogens is 356 g/mol. The molecule has 28 heavy (non-hydrogen) atoms. The number of fused-ring (bicyclic) bond motifs is 1. The maximum absolute atomic E-state index is 12.7. The standard InChI is InChI=1S/C22H30N2O4/c1-22(2,3)28-21(27)23-16(13-15-9-5-4-6-10-15)14-24-19(25)17-11-7-8-12-18(17)20(24)26/h7-8,11-12,15-16H,4-6,9-10,13-14H2,1-3H3,(H,23,27)/t16-/m1/s1. The second kappa shape index (κ2) is 8.33. The number of rotatable bonds is 5. The molecule has 2 aliphatic rings. The Hall–Kier alpha value is -2.37. The van der Waals surface area contributed by atoms with Gasteiger partial charge in [-0.05, 0) is 45.2 Å². The first-order valence-corrected chi connectivity index (χ1v) is 10.2. The fourth-order valence-corrected chi connectivity index (χ4v) is 4.10. The van der Waals surface area contributed by atoms with Crippen molar-refractivity contribution in [2.24, 2.45) is 5.92 Å². The second-order valence-electron chi connectivity index (χ2n) is 8.85. The molecule has 6 nitrogen and oxygen atoms in total. The van der Waals surface area contributed by atoms with Gasteiger partial charge in [0.05, 0.1) is 17.2 Å². The molecule has 3 rings (SSSR count). The Labute approximate surface area is 166 Å². The van der Waals surface area contributed by atoms with Gasteiger partial charge in [0, 0.05) is 6.54 Å². The third-order valence-corrected chi connectivity index (χ3v) is 5.34. The molecule has 1 aromatic rings. The number of hydrogen-bond donors (Lipinski definition) is 1. The third-order valence-electron chi connectivity index (χ3n) is 5.34. The molecule has 0 unspecified atom stereocenters. The average molecular weight is 386 g/mol. The van der Waals surface area contributed by atoms with E-state index in [1.54, 1.807) is 24.3 Å². The maximum atomic E-state index is 12.7. The lowest BCUT2D eigenvalue weighted by molar-refractivity contribution is 0.0454. The van der Waals surface area contributed by atoms with E-state index >= 15 is 0 Å². The predicted octanol–water partition coefficient (Wildman–Crippen LogP) is 4.15. The van der Waals surface area contributed by atoms with Crippen molar-refractivity contribution in [2.45, 2.75) is 70.9 Å². The first kappa shape index (κ1) is 20.4. The van der Waals surface area contributed by atoms with Crippen LogP contribution in [0.4, 0.5) is 4.79 Å². The molecule has 1 atom stereocenters. The number of hydrogen-bond acceptors (Lipinski definition) is 4. The predicted molar refractivity (Wildman–Crippen MR) is 106 cm³/mol. The number of carbonyl (C=O) groups excluding carboxylic acids is 3. The van der Waals surface area contributed by atoms with Crippen LogP contribution in [0.15, 0.2) is 24.3 Å². The van der Waals surface area contributed by atoms with Crippen LogP contribution < -0.4 is 5.32 Å². The number of imide groups is 1. The molecule has 1 N–H and O–H groups in total. The summed E-state index contributed by atoms with van der Waals surface area (Å²) in [7, 11) is 0. The Balaban J connectivity index is 1.72. The minimum absolute atomic E-state index is 0.169. The van der Waals surface area contributed by atoms with Gasteiger partial charge in [0.1, 0.15) is 5.60 Å². The molecule has 1 fully saturated rings. The highest BCUT2D eigenvalue weighted by molar-refractivity contribution is 6.21. The van der Waals surface area contributed by atoms with Crippen LogP contribution in [0, 0.1) is 5.92 Å². The van der Waals surface area contributed by atoms with Gasteiger partial charge >= 0.3 is 6.09 Å². The topological polar surface area (TPSA) is 75.7 Å². The summed E-state index contributed by atoms with van der Waals surface area (Å²) in [6.45, 7) is 5.61. The van der Waals surface area contributed by atoms with E-state index in [1.807, 2.05) is 20.8 Å². The third kappa shape index (κ3) is 4.91. The zero-order valence-corrected chi connectivity index (χ0v) is 17.0. The minimum atomic E-state index is -0.602. The van der Waals surface area contributed by atoms with Gasteiger partial charge in [-0.15, -0.1) is 0 Å². The summed E-state index contributed by atoms with van der Waals surface area (Å²) < 4.78 is 5.40. The lowest BCUT2D eigenvalue weighted by atomic mass is 9.84. The van der Waals surface area contributed by atoms with Gasteiger partial charge < -0.3 is 10.1 Å². The average Bonchev–Trinajstić information content (AvgIpc) is 2.86. The molecule has 0 saturated heterocycles. The monoisotopic (exact) mass is 386 g/mol. The molecular formula is C22H30N2O4. The fourth-order valence-electron chi connectivity index (χ4n) is 4.10. The molecule has 0 bridgehead atoms. The fraction of sp³-hybridized carbons (Fsp3) is 0.591. The molecule has 1 aliphatic heterocycles. The van der Waals surface area contributed by atoms with E-state index in [0.717, 1.165) is 19.3 Å². The van der Waals surface area contributed by atoms with Crippen LogP contribution in [0.5, 0.6) is 0 Å². The highest BCUT2D eigenvalue weighted by Crippen LogP contribution is 2.29. The number of carbonyl (C=O) groups is 3. The van der Waals surface area contributed by atoms with Crippen molar-refractivity contribution >= 4 is 17.9 Å². The van der Waals surface area contributed by atoms with E-state index in [2.05, 4.69) is 5.32 Å². The van der Waals surface area contributed by atoms with Crippen LogP contribution in [0.1, 0.15) is 80.0 Å². The first-order chi connectivity index (χ1) is 13.2. The van der Waals surface area contributed by atoms with Crippen molar-refractivity contribution in [2.75, 3.05) is 6.54 Å². The second-order valence-corrected chi connectivity index (χ2v) is 8.85. The lowest BCUT2D eigenvalue weighted by Crippen LogP contribution is -2.48. The van der Waals surface area contributed by atoms with E-state index < -0.39 is 11.7 Å².